The lowest BCUT2D eigenvalue weighted by molar-refractivity contribution is 0.308. The van der Waals surface area contributed by atoms with Crippen LogP contribution >= 0.6 is 0 Å². The van der Waals surface area contributed by atoms with Crippen molar-refractivity contribution in [3.8, 4) is 5.75 Å². The number of nitrogens with zero attached hydrogens (tertiary/aromatic N) is 5. The first-order valence-corrected chi connectivity index (χ1v) is 10.8. The maximum absolute atomic E-state index is 6.02. The molecule has 1 aliphatic heterocycles. The Hall–Kier alpha value is -3.78. The van der Waals surface area contributed by atoms with Crippen LogP contribution < -0.4 is 20.7 Å². The van der Waals surface area contributed by atoms with Crippen molar-refractivity contribution in [1.29, 1.82) is 0 Å². The molecule has 5 rings (SSSR count). The van der Waals surface area contributed by atoms with E-state index < -0.39 is 0 Å². The first-order chi connectivity index (χ1) is 15.7. The second-order valence-electron chi connectivity index (χ2n) is 8.03. The van der Waals surface area contributed by atoms with E-state index in [1.54, 1.807) is 4.52 Å². The lowest BCUT2D eigenvalue weighted by atomic mass is 10.2. The van der Waals surface area contributed by atoms with Crippen molar-refractivity contribution in [3.05, 3.63) is 72.4 Å². The van der Waals surface area contributed by atoms with Crippen LogP contribution in [0.2, 0.25) is 0 Å². The Bertz CT molecular complexity index is 1200. The van der Waals surface area contributed by atoms with Gasteiger partial charge in [0.1, 0.15) is 6.61 Å². The van der Waals surface area contributed by atoms with E-state index in [2.05, 4.69) is 56.5 Å². The second-order valence-corrected chi connectivity index (χ2v) is 8.03. The zero-order valence-corrected chi connectivity index (χ0v) is 18.1. The molecule has 0 atom stereocenters. The van der Waals surface area contributed by atoms with Gasteiger partial charge in [0, 0.05) is 55.0 Å². The monoisotopic (exact) mass is 429 g/mol. The SMILES string of the molecule is CN1CCN(c2ccc(Nc3nc4c(OCc5ccccc5N)cccn4n3)cc2)CC1. The number of rotatable bonds is 6. The molecule has 0 unspecified atom stereocenters. The van der Waals surface area contributed by atoms with Crippen LogP contribution in [-0.4, -0.2) is 52.7 Å². The summed E-state index contributed by atoms with van der Waals surface area (Å²) in [6.45, 7) is 4.65. The third-order valence-corrected chi connectivity index (χ3v) is 5.76. The highest BCUT2D eigenvalue weighted by Crippen LogP contribution is 2.24. The Labute approximate surface area is 187 Å². The summed E-state index contributed by atoms with van der Waals surface area (Å²) < 4.78 is 7.71. The molecule has 32 heavy (non-hydrogen) atoms. The predicted molar refractivity (Wildman–Crippen MR) is 128 cm³/mol. The van der Waals surface area contributed by atoms with Crippen molar-refractivity contribution in [2.75, 3.05) is 49.2 Å². The minimum atomic E-state index is 0.371. The van der Waals surface area contributed by atoms with Crippen LogP contribution in [-0.2, 0) is 6.61 Å². The van der Waals surface area contributed by atoms with Gasteiger partial charge in [-0.15, -0.1) is 5.10 Å². The molecule has 0 aliphatic carbocycles. The van der Waals surface area contributed by atoms with Crippen LogP contribution in [0.3, 0.4) is 0 Å². The number of likely N-dealkylation sites (N-methyl/N-ethyl adjacent to an activating group) is 1. The average Bonchev–Trinajstić information content (AvgIpc) is 3.23. The molecular weight excluding hydrogens is 402 g/mol. The summed E-state index contributed by atoms with van der Waals surface area (Å²) in [4.78, 5) is 9.40. The minimum Gasteiger partial charge on any atom is -0.485 e. The molecule has 0 amide bonds. The number of nitrogens with two attached hydrogens (primary N) is 1. The van der Waals surface area contributed by atoms with Gasteiger partial charge in [0.05, 0.1) is 0 Å². The summed E-state index contributed by atoms with van der Waals surface area (Å²) >= 11 is 0. The Morgan fingerprint density at radius 1 is 0.969 bits per heavy atom. The van der Waals surface area contributed by atoms with Gasteiger partial charge < -0.3 is 25.6 Å². The van der Waals surface area contributed by atoms with Crippen LogP contribution in [0, 0.1) is 0 Å². The first-order valence-electron chi connectivity index (χ1n) is 10.8. The van der Waals surface area contributed by atoms with Gasteiger partial charge in [0.2, 0.25) is 5.95 Å². The molecule has 4 aromatic rings. The van der Waals surface area contributed by atoms with Crippen molar-refractivity contribution in [2.24, 2.45) is 0 Å². The summed E-state index contributed by atoms with van der Waals surface area (Å²) in [5, 5.41) is 7.83. The van der Waals surface area contributed by atoms with Crippen molar-refractivity contribution >= 4 is 28.7 Å². The van der Waals surface area contributed by atoms with Gasteiger partial charge in [-0.1, -0.05) is 18.2 Å². The summed E-state index contributed by atoms with van der Waals surface area (Å²) in [7, 11) is 2.17. The molecule has 0 bridgehead atoms. The fourth-order valence-corrected chi connectivity index (χ4v) is 3.82. The van der Waals surface area contributed by atoms with Crippen LogP contribution in [0.4, 0.5) is 23.0 Å². The molecule has 1 aliphatic rings. The minimum absolute atomic E-state index is 0.371. The number of piperazine rings is 1. The molecule has 0 radical (unpaired) electrons. The van der Waals surface area contributed by atoms with Crippen LogP contribution in [0.5, 0.6) is 5.75 Å². The Morgan fingerprint density at radius 3 is 2.53 bits per heavy atom. The molecule has 2 aromatic heterocycles. The molecule has 0 saturated carbocycles. The lowest BCUT2D eigenvalue weighted by Gasteiger charge is -2.34. The number of ether oxygens (including phenoxy) is 1. The van der Waals surface area contributed by atoms with Crippen molar-refractivity contribution in [1.82, 2.24) is 19.5 Å². The largest absolute Gasteiger partial charge is 0.485 e. The Morgan fingerprint density at radius 2 is 1.75 bits per heavy atom. The number of benzene rings is 2. The number of hydrogen-bond donors (Lipinski definition) is 2. The van der Waals surface area contributed by atoms with Gasteiger partial charge in [0.15, 0.2) is 11.4 Å². The maximum Gasteiger partial charge on any atom is 0.247 e. The molecule has 0 spiro atoms. The second kappa shape index (κ2) is 8.76. The third-order valence-electron chi connectivity index (χ3n) is 5.76. The number of aromatic nitrogens is 3. The van der Waals surface area contributed by atoms with E-state index in [-0.39, 0.29) is 0 Å². The van der Waals surface area contributed by atoms with Gasteiger partial charge in [-0.05, 0) is 49.5 Å². The lowest BCUT2D eigenvalue weighted by Crippen LogP contribution is -2.44. The zero-order chi connectivity index (χ0) is 21.9. The highest BCUT2D eigenvalue weighted by Gasteiger charge is 2.14. The molecule has 1 fully saturated rings. The number of nitrogens with one attached hydrogen (secondary N) is 1. The van der Waals surface area contributed by atoms with E-state index in [9.17, 15) is 0 Å². The number of anilines is 4. The Balaban J connectivity index is 1.29. The molecule has 2 aromatic carbocycles. The van der Waals surface area contributed by atoms with Crippen LogP contribution in [0.1, 0.15) is 5.56 Å². The highest BCUT2D eigenvalue weighted by atomic mass is 16.5. The number of fused-ring (bicyclic) bond motifs is 1. The van der Waals surface area contributed by atoms with Crippen molar-refractivity contribution in [3.63, 3.8) is 0 Å². The van der Waals surface area contributed by atoms with Crippen LogP contribution in [0.25, 0.3) is 5.65 Å². The number of pyridine rings is 1. The standard InChI is InChI=1S/C24H27N7O/c1-29-13-15-30(16-14-29)20-10-8-19(9-11-20)26-24-27-23-22(7-4-12-31(23)28-24)32-17-18-5-2-3-6-21(18)25/h2-12H,13-17,25H2,1H3,(H,26,28). The van der Waals surface area contributed by atoms with E-state index in [4.69, 9.17) is 10.5 Å². The number of hydrogen-bond acceptors (Lipinski definition) is 7. The highest BCUT2D eigenvalue weighted by molar-refractivity contribution is 5.62. The van der Waals surface area contributed by atoms with Crippen LogP contribution in [0.15, 0.2) is 66.9 Å². The van der Waals surface area contributed by atoms with E-state index in [0.29, 0.717) is 29.6 Å². The quantitative estimate of drug-likeness (QED) is 0.455. The van der Waals surface area contributed by atoms with E-state index in [1.807, 2.05) is 42.6 Å². The smallest absolute Gasteiger partial charge is 0.247 e. The van der Waals surface area contributed by atoms with Gasteiger partial charge in [0.25, 0.3) is 0 Å². The summed E-state index contributed by atoms with van der Waals surface area (Å²) in [6.07, 6.45) is 1.85. The molecule has 8 nitrogen and oxygen atoms in total. The van der Waals surface area contributed by atoms with Gasteiger partial charge >= 0.3 is 0 Å². The third kappa shape index (κ3) is 4.31. The summed E-state index contributed by atoms with van der Waals surface area (Å²) in [6, 6.07) is 19.9. The summed E-state index contributed by atoms with van der Waals surface area (Å²) in [5.74, 6) is 1.18. The van der Waals surface area contributed by atoms with E-state index >= 15 is 0 Å². The maximum atomic E-state index is 6.02. The Kier molecular flexibility index (Phi) is 5.51. The van der Waals surface area contributed by atoms with Gasteiger partial charge in [-0.25, -0.2) is 4.52 Å². The van der Waals surface area contributed by atoms with Crippen molar-refractivity contribution in [2.45, 2.75) is 6.61 Å². The fourth-order valence-electron chi connectivity index (χ4n) is 3.82. The number of para-hydroxylation sites is 1. The fraction of sp³-hybridized carbons (Fsp3) is 0.250. The molecule has 1 saturated heterocycles. The van der Waals surface area contributed by atoms with E-state index in [1.165, 1.54) is 5.69 Å². The molecule has 3 heterocycles. The summed E-state index contributed by atoms with van der Waals surface area (Å²) in [5.41, 5.74) is 10.5. The average molecular weight is 430 g/mol. The number of nitrogen functional groups attached to an aromatic ring is 1. The zero-order valence-electron chi connectivity index (χ0n) is 18.1. The molecule has 8 heteroatoms. The van der Waals surface area contributed by atoms with Gasteiger partial charge in [-0.2, -0.15) is 4.98 Å². The van der Waals surface area contributed by atoms with Gasteiger partial charge in [-0.3, -0.25) is 0 Å². The topological polar surface area (TPSA) is 83.9 Å². The predicted octanol–water partition coefficient (Wildman–Crippen LogP) is 3.39. The normalized spacial score (nSPS) is 14.6. The molecule has 164 valence electrons. The molecule has 3 N–H and O–H groups in total. The first kappa shape index (κ1) is 20.1. The van der Waals surface area contributed by atoms with E-state index in [0.717, 1.165) is 37.4 Å². The molecular formula is C24H27N7O. The van der Waals surface area contributed by atoms with Crippen molar-refractivity contribution < 1.29 is 4.74 Å².